The van der Waals surface area contributed by atoms with Gasteiger partial charge in [-0.3, -0.25) is 0 Å². The quantitative estimate of drug-likeness (QED) is 0.168. The molecule has 2 aliphatic carbocycles. The molecule has 2 aliphatic rings. The zero-order valence-electron chi connectivity index (χ0n) is 29.9. The summed E-state index contributed by atoms with van der Waals surface area (Å²) in [6.07, 6.45) is 5.83. The molecule has 5 nitrogen and oxygen atoms in total. The molecule has 5 heteroatoms. The van der Waals surface area contributed by atoms with Crippen molar-refractivity contribution >= 4 is 32.8 Å². The van der Waals surface area contributed by atoms with E-state index in [0.29, 0.717) is 29.3 Å². The summed E-state index contributed by atoms with van der Waals surface area (Å²) in [7, 11) is 0. The molecule has 0 bridgehead atoms. The summed E-state index contributed by atoms with van der Waals surface area (Å²) in [4.78, 5) is 15.3. The molecule has 258 valence electrons. The van der Waals surface area contributed by atoms with Gasteiger partial charge in [0.05, 0.1) is 5.52 Å². The fourth-order valence-electron chi connectivity index (χ4n) is 8.61. The van der Waals surface area contributed by atoms with Crippen LogP contribution in [-0.2, 0) is 12.8 Å². The first kappa shape index (κ1) is 31.0. The lowest BCUT2D eigenvalue weighted by atomic mass is 9.89. The molecule has 0 fully saturated rings. The fraction of sp³-hybridized carbons (Fsp3) is 0.122. The monoisotopic (exact) mass is 696 g/mol. The summed E-state index contributed by atoms with van der Waals surface area (Å²) in [6.45, 7) is 2.40. The Morgan fingerprint density at radius 3 is 1.93 bits per heavy atom. The molecule has 11 rings (SSSR count). The summed E-state index contributed by atoms with van der Waals surface area (Å²) in [6, 6.07) is 50.9. The minimum absolute atomic E-state index is 0.605. The van der Waals surface area contributed by atoms with Crippen LogP contribution >= 0.6 is 0 Å². The first-order valence-electron chi connectivity index (χ1n) is 18.9. The van der Waals surface area contributed by atoms with E-state index in [1.165, 1.54) is 28.6 Å². The van der Waals surface area contributed by atoms with Gasteiger partial charge in [-0.1, -0.05) is 122 Å². The lowest BCUT2D eigenvalue weighted by Gasteiger charge is -2.18. The van der Waals surface area contributed by atoms with Crippen molar-refractivity contribution in [2.75, 3.05) is 0 Å². The third kappa shape index (κ3) is 5.27. The lowest BCUT2D eigenvalue weighted by Crippen LogP contribution is -2.10. The standard InChI is InChI=1S/C49H36N4O/c1-30-23-36-25-37(36)27-44-42(24-30)39-17-8-9-18-43(39)53(44)38-16-10-15-34(26-38)48-50-47(32-13-6-3-7-14-32)51-49(52-48)35-20-22-41-40-21-19-33(31-11-4-2-5-12-31)28-45(40)54-46(41)29-35/h2-22,25-26,28-30,36H,23-24,27H2,1H3. The van der Waals surface area contributed by atoms with Gasteiger partial charge >= 0.3 is 0 Å². The predicted octanol–water partition coefficient (Wildman–Crippen LogP) is 12.1. The number of hydrogen-bond acceptors (Lipinski definition) is 4. The van der Waals surface area contributed by atoms with Crippen LogP contribution in [0, 0.1) is 11.8 Å². The number of para-hydroxylation sites is 1. The molecule has 0 saturated carbocycles. The predicted molar refractivity (Wildman–Crippen MR) is 218 cm³/mol. The van der Waals surface area contributed by atoms with Crippen LogP contribution in [0.25, 0.3) is 83.8 Å². The Labute approximate surface area is 313 Å². The molecule has 0 amide bonds. The van der Waals surface area contributed by atoms with Crippen molar-refractivity contribution < 1.29 is 4.42 Å². The lowest BCUT2D eigenvalue weighted by molar-refractivity contribution is 0.495. The van der Waals surface area contributed by atoms with Crippen LogP contribution in [0.15, 0.2) is 162 Å². The normalized spacial score (nSPS) is 16.5. The molecule has 0 saturated heterocycles. The summed E-state index contributed by atoms with van der Waals surface area (Å²) in [5, 5.41) is 3.51. The molecular formula is C49H36N4O. The average Bonchev–Trinajstić information content (AvgIpc) is 3.71. The van der Waals surface area contributed by atoms with Crippen LogP contribution in [0.3, 0.4) is 0 Å². The molecule has 9 aromatic rings. The number of rotatable bonds is 5. The van der Waals surface area contributed by atoms with Gasteiger partial charge in [0, 0.05) is 50.7 Å². The van der Waals surface area contributed by atoms with Gasteiger partial charge in [0.1, 0.15) is 11.2 Å². The highest BCUT2D eigenvalue weighted by atomic mass is 16.3. The molecule has 2 atom stereocenters. The second-order valence-electron chi connectivity index (χ2n) is 15.0. The van der Waals surface area contributed by atoms with Gasteiger partial charge in [0.25, 0.3) is 0 Å². The van der Waals surface area contributed by atoms with E-state index in [-0.39, 0.29) is 0 Å². The molecule has 0 spiro atoms. The zero-order chi connectivity index (χ0) is 35.8. The van der Waals surface area contributed by atoms with Crippen molar-refractivity contribution in [3.8, 4) is 51.0 Å². The van der Waals surface area contributed by atoms with Crippen molar-refractivity contribution in [2.45, 2.75) is 26.2 Å². The van der Waals surface area contributed by atoms with E-state index in [9.17, 15) is 0 Å². The second-order valence-corrected chi connectivity index (χ2v) is 15.0. The van der Waals surface area contributed by atoms with Crippen molar-refractivity contribution in [1.29, 1.82) is 0 Å². The number of allylic oxidation sites excluding steroid dienone is 2. The Bertz CT molecular complexity index is 2940. The largest absolute Gasteiger partial charge is 0.456 e. The van der Waals surface area contributed by atoms with Crippen LogP contribution in [0.1, 0.15) is 24.6 Å². The molecule has 6 aromatic carbocycles. The molecule has 0 aliphatic heterocycles. The number of nitrogens with zero attached hydrogens (tertiary/aromatic N) is 4. The Balaban J connectivity index is 1.04. The molecule has 0 N–H and O–H groups in total. The van der Waals surface area contributed by atoms with Crippen molar-refractivity contribution in [3.05, 3.63) is 168 Å². The smallest absolute Gasteiger partial charge is 0.164 e. The topological polar surface area (TPSA) is 56.7 Å². The van der Waals surface area contributed by atoms with Crippen LogP contribution in [0.2, 0.25) is 0 Å². The molecule has 0 radical (unpaired) electrons. The summed E-state index contributed by atoms with van der Waals surface area (Å²) >= 11 is 0. The van der Waals surface area contributed by atoms with Crippen LogP contribution in [0.5, 0.6) is 0 Å². The number of fused-ring (bicyclic) bond motifs is 7. The van der Waals surface area contributed by atoms with Crippen LogP contribution in [0.4, 0.5) is 0 Å². The SMILES string of the molecule is CC1Cc2c(n(-c3cccc(-c4nc(-c5ccccc5)nc(-c5ccc6c(c5)oc5cc(-c7ccccc7)ccc56)n4)c3)c3ccccc23)CC2=CC2C1. The summed E-state index contributed by atoms with van der Waals surface area (Å²) in [5.41, 5.74) is 13.6. The second kappa shape index (κ2) is 12.2. The first-order valence-corrected chi connectivity index (χ1v) is 18.9. The molecular weight excluding hydrogens is 661 g/mol. The van der Waals surface area contributed by atoms with Gasteiger partial charge in [-0.2, -0.15) is 0 Å². The highest BCUT2D eigenvalue weighted by molar-refractivity contribution is 6.06. The average molecular weight is 697 g/mol. The maximum absolute atomic E-state index is 6.50. The fourth-order valence-corrected chi connectivity index (χ4v) is 8.61. The number of hydrogen-bond donors (Lipinski definition) is 0. The minimum atomic E-state index is 0.605. The summed E-state index contributed by atoms with van der Waals surface area (Å²) in [5.74, 6) is 3.18. The van der Waals surface area contributed by atoms with E-state index >= 15 is 0 Å². The third-order valence-corrected chi connectivity index (χ3v) is 11.3. The van der Waals surface area contributed by atoms with Crippen molar-refractivity contribution in [2.24, 2.45) is 11.8 Å². The van der Waals surface area contributed by atoms with E-state index in [1.807, 2.05) is 24.3 Å². The number of aromatic nitrogens is 4. The first-order chi connectivity index (χ1) is 26.6. The Hall–Kier alpha value is -6.59. The van der Waals surface area contributed by atoms with Crippen molar-refractivity contribution in [1.82, 2.24) is 19.5 Å². The van der Waals surface area contributed by atoms with Gasteiger partial charge in [-0.05, 0) is 83.8 Å². The van der Waals surface area contributed by atoms with Gasteiger partial charge in [0.15, 0.2) is 17.5 Å². The maximum Gasteiger partial charge on any atom is 0.164 e. The van der Waals surface area contributed by atoms with E-state index in [4.69, 9.17) is 19.4 Å². The van der Waals surface area contributed by atoms with Crippen LogP contribution in [-0.4, -0.2) is 19.5 Å². The van der Waals surface area contributed by atoms with Gasteiger partial charge in [0.2, 0.25) is 0 Å². The Morgan fingerprint density at radius 1 is 0.556 bits per heavy atom. The Morgan fingerprint density at radius 2 is 1.17 bits per heavy atom. The van der Waals surface area contributed by atoms with E-state index in [1.54, 1.807) is 5.57 Å². The zero-order valence-corrected chi connectivity index (χ0v) is 29.9. The molecule has 54 heavy (non-hydrogen) atoms. The maximum atomic E-state index is 6.50. The Kier molecular flexibility index (Phi) is 7.02. The van der Waals surface area contributed by atoms with Crippen LogP contribution < -0.4 is 0 Å². The van der Waals surface area contributed by atoms with Gasteiger partial charge in [-0.25, -0.2) is 15.0 Å². The van der Waals surface area contributed by atoms with E-state index in [2.05, 4.69) is 139 Å². The molecule has 2 unspecified atom stereocenters. The van der Waals surface area contributed by atoms with E-state index in [0.717, 1.165) is 68.3 Å². The number of furan rings is 1. The number of benzene rings is 6. The minimum Gasteiger partial charge on any atom is -0.456 e. The van der Waals surface area contributed by atoms with Crippen molar-refractivity contribution in [3.63, 3.8) is 0 Å². The highest BCUT2D eigenvalue weighted by Gasteiger charge is 2.32. The van der Waals surface area contributed by atoms with E-state index < -0.39 is 0 Å². The summed E-state index contributed by atoms with van der Waals surface area (Å²) < 4.78 is 8.99. The highest BCUT2D eigenvalue weighted by Crippen LogP contribution is 2.44. The van der Waals surface area contributed by atoms with Gasteiger partial charge < -0.3 is 8.98 Å². The molecule has 3 aromatic heterocycles. The molecule has 3 heterocycles. The van der Waals surface area contributed by atoms with Gasteiger partial charge in [-0.15, -0.1) is 0 Å². The third-order valence-electron chi connectivity index (χ3n) is 11.3.